The molecular formula is C35H42B3O. The van der Waals surface area contributed by atoms with Crippen molar-refractivity contribution in [3.8, 4) is 0 Å². The lowest BCUT2D eigenvalue weighted by Crippen LogP contribution is -2.41. The molecule has 197 valence electrons. The van der Waals surface area contributed by atoms with E-state index in [2.05, 4.69) is 115 Å². The van der Waals surface area contributed by atoms with Crippen molar-refractivity contribution in [1.82, 2.24) is 0 Å². The van der Waals surface area contributed by atoms with Crippen molar-refractivity contribution in [2.45, 2.75) is 88.9 Å². The van der Waals surface area contributed by atoms with Crippen LogP contribution in [0.4, 0.5) is 0 Å². The average Bonchev–Trinajstić information content (AvgIpc) is 2.88. The van der Waals surface area contributed by atoms with Crippen LogP contribution < -0.4 is 10.9 Å². The fraction of sp³-hybridized carbons (Fsp3) is 0.429. The maximum absolute atomic E-state index is 10.6. The van der Waals surface area contributed by atoms with E-state index in [9.17, 15) is 5.11 Å². The zero-order chi connectivity index (χ0) is 28.6. The molecule has 1 aliphatic rings. The summed E-state index contributed by atoms with van der Waals surface area (Å²) in [6, 6.07) is 26.3. The van der Waals surface area contributed by atoms with Gasteiger partial charge in [0.2, 0.25) is 0 Å². The standard InChI is InChI=1S/C35H42B3O/c1-32(2,25-16-22-31(23-17-25)38-33(3,4)34(5,6)39)24-8-10-26(11-9-24)35(7,27-12-18-29(36)19-13-27)28-14-20-30(37)21-15-28/h8-14,16-20,22-23,28,30,39H,15,21H2,1-7H3. The van der Waals surface area contributed by atoms with Crippen molar-refractivity contribution < 1.29 is 5.11 Å². The highest BCUT2D eigenvalue weighted by Crippen LogP contribution is 2.45. The largest absolute Gasteiger partial charge is 0.391 e. The first-order valence-electron chi connectivity index (χ1n) is 14.2. The fourth-order valence-corrected chi connectivity index (χ4v) is 5.74. The van der Waals surface area contributed by atoms with E-state index in [0.717, 1.165) is 23.8 Å². The van der Waals surface area contributed by atoms with E-state index in [1.54, 1.807) is 0 Å². The van der Waals surface area contributed by atoms with Crippen LogP contribution in [0.25, 0.3) is 0 Å². The first-order chi connectivity index (χ1) is 18.1. The molecule has 0 amide bonds. The third kappa shape index (κ3) is 6.02. The Balaban J connectivity index is 1.63. The van der Waals surface area contributed by atoms with Crippen LogP contribution in [0.15, 0.2) is 84.9 Å². The lowest BCUT2D eigenvalue weighted by Gasteiger charge is -2.40. The number of hydrogen-bond acceptors (Lipinski definition) is 1. The van der Waals surface area contributed by atoms with E-state index in [1.165, 1.54) is 22.3 Å². The SMILES string of the molecule is [B]c1ccc(C(C)(c2ccc(C(C)(C)c3ccc([B]C(C)(C)C(C)(C)O)cc3)cc2)C2C=CC([B])CC2)cc1. The molecule has 1 aliphatic carbocycles. The summed E-state index contributed by atoms with van der Waals surface area (Å²) < 4.78 is 0. The number of rotatable bonds is 8. The monoisotopic (exact) mass is 511 g/mol. The van der Waals surface area contributed by atoms with Crippen molar-refractivity contribution in [1.29, 1.82) is 0 Å². The van der Waals surface area contributed by atoms with Crippen LogP contribution in [0, 0.1) is 5.92 Å². The summed E-state index contributed by atoms with van der Waals surface area (Å²) in [6.07, 6.45) is 6.54. The first kappa shape index (κ1) is 29.5. The van der Waals surface area contributed by atoms with Crippen LogP contribution in [0.2, 0.25) is 11.1 Å². The second-order valence-corrected chi connectivity index (χ2v) is 13.3. The molecule has 3 aromatic rings. The molecule has 0 saturated heterocycles. The molecule has 0 aromatic heterocycles. The van der Waals surface area contributed by atoms with Gasteiger partial charge in [0.15, 0.2) is 7.28 Å². The highest BCUT2D eigenvalue weighted by atomic mass is 16.3. The number of aliphatic hydroxyl groups is 1. The summed E-state index contributed by atoms with van der Waals surface area (Å²) in [5.41, 5.74) is 5.89. The third-order valence-corrected chi connectivity index (χ3v) is 9.60. The van der Waals surface area contributed by atoms with Crippen LogP contribution in [0.3, 0.4) is 0 Å². The molecule has 0 spiro atoms. The van der Waals surface area contributed by atoms with Gasteiger partial charge in [-0.05, 0) is 53.8 Å². The van der Waals surface area contributed by atoms with Gasteiger partial charge in [-0.2, -0.15) is 0 Å². The Bertz CT molecular complexity index is 1280. The summed E-state index contributed by atoms with van der Waals surface area (Å²) in [5, 5.41) is 10.2. The summed E-state index contributed by atoms with van der Waals surface area (Å²) >= 11 is 0. The van der Waals surface area contributed by atoms with Crippen LogP contribution in [-0.2, 0) is 10.8 Å². The molecule has 0 bridgehead atoms. The van der Waals surface area contributed by atoms with Crippen molar-refractivity contribution in [2.75, 3.05) is 0 Å². The highest BCUT2D eigenvalue weighted by molar-refractivity contribution is 6.57. The van der Waals surface area contributed by atoms with Gasteiger partial charge in [0, 0.05) is 10.8 Å². The molecule has 39 heavy (non-hydrogen) atoms. The smallest absolute Gasteiger partial charge is 0.161 e. The molecule has 0 saturated carbocycles. The zero-order valence-corrected chi connectivity index (χ0v) is 24.8. The molecule has 0 fully saturated rings. The number of allylic oxidation sites excluding steroid dienone is 2. The van der Waals surface area contributed by atoms with E-state index in [1.807, 2.05) is 26.0 Å². The minimum absolute atomic E-state index is 0.144. The van der Waals surface area contributed by atoms with Crippen molar-refractivity contribution in [3.05, 3.63) is 107 Å². The van der Waals surface area contributed by atoms with Crippen molar-refractivity contribution in [3.63, 3.8) is 0 Å². The molecular weight excluding hydrogens is 469 g/mol. The molecule has 4 rings (SSSR count). The fourth-order valence-electron chi connectivity index (χ4n) is 5.74. The average molecular weight is 511 g/mol. The van der Waals surface area contributed by atoms with Gasteiger partial charge < -0.3 is 5.11 Å². The maximum Gasteiger partial charge on any atom is 0.161 e. The second kappa shape index (κ2) is 10.8. The van der Waals surface area contributed by atoms with Gasteiger partial charge in [0.25, 0.3) is 0 Å². The summed E-state index contributed by atoms with van der Waals surface area (Å²) in [7, 11) is 14.4. The van der Waals surface area contributed by atoms with E-state index in [4.69, 9.17) is 15.7 Å². The normalized spacial score (nSPS) is 19.9. The molecule has 3 atom stereocenters. The molecule has 0 aliphatic heterocycles. The summed E-state index contributed by atoms with van der Waals surface area (Å²) in [5.74, 6) is 0.502. The quantitative estimate of drug-likeness (QED) is 0.277. The lowest BCUT2D eigenvalue weighted by atomic mass is 9.45. The molecule has 3 unspecified atom stereocenters. The van der Waals surface area contributed by atoms with E-state index < -0.39 is 5.60 Å². The second-order valence-electron chi connectivity index (χ2n) is 13.3. The topological polar surface area (TPSA) is 20.2 Å². The van der Waals surface area contributed by atoms with Crippen molar-refractivity contribution in [2.24, 2.45) is 5.92 Å². The van der Waals surface area contributed by atoms with Gasteiger partial charge in [-0.1, -0.05) is 143 Å². The summed E-state index contributed by atoms with van der Waals surface area (Å²) in [6.45, 7) is 14.8. The van der Waals surface area contributed by atoms with E-state index >= 15 is 0 Å². The van der Waals surface area contributed by atoms with Gasteiger partial charge in [-0.3, -0.25) is 0 Å². The predicted octanol–water partition coefficient (Wildman–Crippen LogP) is 6.33. The third-order valence-electron chi connectivity index (χ3n) is 9.60. The van der Waals surface area contributed by atoms with E-state index in [-0.39, 0.29) is 22.0 Å². The Morgan fingerprint density at radius 1 is 0.667 bits per heavy atom. The summed E-state index contributed by atoms with van der Waals surface area (Å²) in [4.78, 5) is 0. The molecule has 5 radical (unpaired) electrons. The Kier molecular flexibility index (Phi) is 8.22. The Hall–Kier alpha value is -2.45. The van der Waals surface area contributed by atoms with Crippen LogP contribution in [0.1, 0.15) is 83.6 Å². The van der Waals surface area contributed by atoms with Crippen LogP contribution in [0.5, 0.6) is 0 Å². The molecule has 1 nitrogen and oxygen atoms in total. The van der Waals surface area contributed by atoms with Crippen LogP contribution in [-0.4, -0.2) is 33.7 Å². The highest BCUT2D eigenvalue weighted by Gasteiger charge is 2.38. The van der Waals surface area contributed by atoms with Crippen LogP contribution >= 0.6 is 0 Å². The number of hydrogen-bond donors (Lipinski definition) is 1. The van der Waals surface area contributed by atoms with Gasteiger partial charge in [0.1, 0.15) is 7.85 Å². The minimum atomic E-state index is -0.799. The minimum Gasteiger partial charge on any atom is -0.391 e. The lowest BCUT2D eigenvalue weighted by molar-refractivity contribution is 0.0410. The molecule has 1 N–H and O–H groups in total. The Morgan fingerprint density at radius 2 is 1.13 bits per heavy atom. The van der Waals surface area contributed by atoms with Gasteiger partial charge in [0.05, 0.1) is 13.4 Å². The molecule has 0 heterocycles. The first-order valence-corrected chi connectivity index (χ1v) is 14.2. The Morgan fingerprint density at radius 3 is 1.59 bits per heavy atom. The molecule has 3 aromatic carbocycles. The number of benzene rings is 3. The van der Waals surface area contributed by atoms with Gasteiger partial charge in [-0.15, -0.1) is 0 Å². The van der Waals surface area contributed by atoms with E-state index in [0.29, 0.717) is 5.92 Å². The van der Waals surface area contributed by atoms with Gasteiger partial charge in [-0.25, -0.2) is 0 Å². The van der Waals surface area contributed by atoms with Crippen molar-refractivity contribution >= 4 is 33.9 Å². The predicted molar refractivity (Wildman–Crippen MR) is 170 cm³/mol. The Labute approximate surface area is 240 Å². The van der Waals surface area contributed by atoms with Gasteiger partial charge >= 0.3 is 0 Å². The molecule has 4 heteroatoms. The zero-order valence-electron chi connectivity index (χ0n) is 24.8. The maximum atomic E-state index is 10.6.